The lowest BCUT2D eigenvalue weighted by molar-refractivity contribution is -0.138. The Morgan fingerprint density at radius 2 is 2.14 bits per heavy atom. The van der Waals surface area contributed by atoms with Crippen LogP contribution in [0.3, 0.4) is 0 Å². The van der Waals surface area contributed by atoms with Crippen LogP contribution < -0.4 is 0 Å². The number of carboxylic acids is 1. The zero-order valence-corrected chi connectivity index (χ0v) is 12.9. The molecule has 2 rings (SSSR count). The normalized spacial score (nSPS) is 13.1. The van der Waals surface area contributed by atoms with Gasteiger partial charge in [0.05, 0.1) is 12.5 Å². The first-order valence-corrected chi connectivity index (χ1v) is 6.92. The summed E-state index contributed by atoms with van der Waals surface area (Å²) < 4.78 is 1.57. The highest BCUT2D eigenvalue weighted by atomic mass is 35.5. The molecule has 1 heterocycles. The van der Waals surface area contributed by atoms with Crippen LogP contribution >= 0.6 is 11.6 Å². The molecule has 0 radical (unpaired) electrons. The number of hydrogen-bond donors (Lipinski definition) is 1. The molecule has 6 nitrogen and oxygen atoms in total. The van der Waals surface area contributed by atoms with E-state index in [0.29, 0.717) is 10.8 Å². The zero-order chi connectivity index (χ0) is 15.6. The van der Waals surface area contributed by atoms with Crippen molar-refractivity contribution in [3.63, 3.8) is 0 Å². The Hall–Kier alpha value is -1.95. The number of aromatic nitrogens is 4. The molecule has 112 valence electrons. The lowest BCUT2D eigenvalue weighted by atomic mass is 9.84. The summed E-state index contributed by atoms with van der Waals surface area (Å²) in [6.07, 6.45) is -0.0535. The number of tetrazole rings is 1. The number of halogens is 1. The number of benzene rings is 1. The monoisotopic (exact) mass is 308 g/mol. The quantitative estimate of drug-likeness (QED) is 0.938. The molecule has 0 aliphatic heterocycles. The van der Waals surface area contributed by atoms with Crippen molar-refractivity contribution >= 4 is 17.6 Å². The van der Waals surface area contributed by atoms with E-state index in [2.05, 4.69) is 15.5 Å². The fourth-order valence-corrected chi connectivity index (χ4v) is 2.34. The van der Waals surface area contributed by atoms with Crippen LogP contribution in [0.2, 0.25) is 5.02 Å². The second kappa shape index (κ2) is 5.81. The van der Waals surface area contributed by atoms with Gasteiger partial charge < -0.3 is 5.11 Å². The Morgan fingerprint density at radius 1 is 1.43 bits per heavy atom. The first-order chi connectivity index (χ1) is 9.79. The molecule has 0 aliphatic carbocycles. The number of rotatable bonds is 4. The number of carboxylic acid groups (broad SMARTS) is 1. The van der Waals surface area contributed by atoms with Crippen molar-refractivity contribution in [2.45, 2.75) is 33.2 Å². The summed E-state index contributed by atoms with van der Waals surface area (Å²) in [4.78, 5) is 11.2. The molecule has 2 aromatic rings. The van der Waals surface area contributed by atoms with Gasteiger partial charge in [0.1, 0.15) is 0 Å². The van der Waals surface area contributed by atoms with Crippen molar-refractivity contribution in [3.05, 3.63) is 29.3 Å². The second-order valence-corrected chi connectivity index (χ2v) is 6.37. The third-order valence-electron chi connectivity index (χ3n) is 3.24. The van der Waals surface area contributed by atoms with E-state index >= 15 is 0 Å². The minimum atomic E-state index is -0.887. The van der Waals surface area contributed by atoms with Crippen LogP contribution in [0.15, 0.2) is 24.3 Å². The maximum Gasteiger partial charge on any atom is 0.305 e. The van der Waals surface area contributed by atoms with Gasteiger partial charge in [0.25, 0.3) is 0 Å². The summed E-state index contributed by atoms with van der Waals surface area (Å²) in [5.41, 5.74) is 0.452. The molecule has 1 atom stereocenters. The maximum absolute atomic E-state index is 11.2. The summed E-state index contributed by atoms with van der Waals surface area (Å²) in [5.74, 6) is -0.374. The van der Waals surface area contributed by atoms with E-state index in [1.165, 1.54) is 0 Å². The highest BCUT2D eigenvalue weighted by Crippen LogP contribution is 2.35. The van der Waals surface area contributed by atoms with Crippen LogP contribution in [-0.2, 0) is 4.79 Å². The van der Waals surface area contributed by atoms with Crippen molar-refractivity contribution < 1.29 is 9.90 Å². The van der Waals surface area contributed by atoms with Gasteiger partial charge in [-0.25, -0.2) is 4.68 Å². The minimum absolute atomic E-state index is 0.0535. The van der Waals surface area contributed by atoms with Gasteiger partial charge in [-0.15, -0.1) is 5.10 Å². The Labute approximate surface area is 127 Å². The smallest absolute Gasteiger partial charge is 0.305 e. The van der Waals surface area contributed by atoms with E-state index in [1.807, 2.05) is 26.8 Å². The Kier molecular flexibility index (Phi) is 4.27. The van der Waals surface area contributed by atoms with Gasteiger partial charge >= 0.3 is 5.97 Å². The first kappa shape index (κ1) is 15.4. The summed E-state index contributed by atoms with van der Waals surface area (Å²) in [7, 11) is 0. The summed E-state index contributed by atoms with van der Waals surface area (Å²) in [6, 6.07) is 6.80. The van der Waals surface area contributed by atoms with E-state index in [9.17, 15) is 4.79 Å². The number of nitrogens with zero attached hydrogens (tertiary/aromatic N) is 4. The Bertz CT molecular complexity index is 648. The van der Waals surface area contributed by atoms with Crippen LogP contribution in [0.1, 0.15) is 33.2 Å². The van der Waals surface area contributed by atoms with E-state index in [1.54, 1.807) is 22.9 Å². The SMILES string of the molecule is CC(C)(C)C(CC(=O)O)n1nnnc1-c1cccc(Cl)c1. The molecule has 0 saturated carbocycles. The van der Waals surface area contributed by atoms with Crippen LogP contribution in [0, 0.1) is 5.41 Å². The molecule has 0 aliphatic rings. The van der Waals surface area contributed by atoms with Crippen molar-refractivity contribution in [2.24, 2.45) is 5.41 Å². The molecular formula is C14H17ClN4O2. The predicted molar refractivity (Wildman–Crippen MR) is 79.0 cm³/mol. The average molecular weight is 309 g/mol. The van der Waals surface area contributed by atoms with E-state index in [-0.39, 0.29) is 17.9 Å². The third kappa shape index (κ3) is 3.58. The molecule has 0 spiro atoms. The molecular weight excluding hydrogens is 292 g/mol. The molecule has 0 saturated heterocycles. The van der Waals surface area contributed by atoms with Crippen molar-refractivity contribution in [3.8, 4) is 11.4 Å². The van der Waals surface area contributed by atoms with Crippen molar-refractivity contribution in [2.75, 3.05) is 0 Å². The lowest BCUT2D eigenvalue weighted by Gasteiger charge is -2.29. The molecule has 0 fully saturated rings. The van der Waals surface area contributed by atoms with Crippen molar-refractivity contribution in [1.82, 2.24) is 20.2 Å². The fraction of sp³-hybridized carbons (Fsp3) is 0.429. The van der Waals surface area contributed by atoms with Gasteiger partial charge in [-0.3, -0.25) is 4.79 Å². The van der Waals surface area contributed by atoms with Crippen LogP contribution in [0.5, 0.6) is 0 Å². The molecule has 0 bridgehead atoms. The van der Waals surface area contributed by atoms with Gasteiger partial charge in [-0.05, 0) is 28.0 Å². The molecule has 1 aromatic heterocycles. The van der Waals surface area contributed by atoms with E-state index in [4.69, 9.17) is 16.7 Å². The molecule has 1 aromatic carbocycles. The summed E-state index contributed by atoms with van der Waals surface area (Å²) in [6.45, 7) is 5.89. The van der Waals surface area contributed by atoms with Gasteiger partial charge in [-0.2, -0.15) is 0 Å². The third-order valence-corrected chi connectivity index (χ3v) is 3.47. The molecule has 0 amide bonds. The minimum Gasteiger partial charge on any atom is -0.481 e. The molecule has 21 heavy (non-hydrogen) atoms. The van der Waals surface area contributed by atoms with Crippen LogP contribution in [0.4, 0.5) is 0 Å². The van der Waals surface area contributed by atoms with Crippen LogP contribution in [0.25, 0.3) is 11.4 Å². The van der Waals surface area contributed by atoms with Gasteiger partial charge in [-0.1, -0.05) is 44.5 Å². The first-order valence-electron chi connectivity index (χ1n) is 6.54. The average Bonchev–Trinajstić information content (AvgIpc) is 2.83. The Balaban J connectivity index is 2.49. The fourth-order valence-electron chi connectivity index (χ4n) is 2.15. The standard InChI is InChI=1S/C14H17ClN4O2/c1-14(2,3)11(8-12(20)21)19-13(16-17-18-19)9-5-4-6-10(15)7-9/h4-7,11H,8H2,1-3H3,(H,20,21). The van der Waals surface area contributed by atoms with E-state index < -0.39 is 5.97 Å². The zero-order valence-electron chi connectivity index (χ0n) is 12.1. The lowest BCUT2D eigenvalue weighted by Crippen LogP contribution is -2.28. The van der Waals surface area contributed by atoms with Gasteiger partial charge in [0, 0.05) is 10.6 Å². The highest BCUT2D eigenvalue weighted by Gasteiger charge is 2.32. The largest absolute Gasteiger partial charge is 0.481 e. The maximum atomic E-state index is 11.2. The van der Waals surface area contributed by atoms with Crippen molar-refractivity contribution in [1.29, 1.82) is 0 Å². The molecule has 1 unspecified atom stereocenters. The number of hydrogen-bond acceptors (Lipinski definition) is 4. The number of carbonyl (C=O) groups is 1. The highest BCUT2D eigenvalue weighted by molar-refractivity contribution is 6.30. The topological polar surface area (TPSA) is 80.9 Å². The van der Waals surface area contributed by atoms with E-state index in [0.717, 1.165) is 5.56 Å². The Morgan fingerprint density at radius 3 is 2.71 bits per heavy atom. The van der Waals surface area contributed by atoms with Gasteiger partial charge in [0.15, 0.2) is 5.82 Å². The summed E-state index contributed by atoms with van der Waals surface area (Å²) in [5, 5.41) is 21.4. The molecule has 1 N–H and O–H groups in total. The molecule has 7 heteroatoms. The van der Waals surface area contributed by atoms with Crippen LogP contribution in [-0.4, -0.2) is 31.3 Å². The second-order valence-electron chi connectivity index (χ2n) is 5.94. The number of aliphatic carboxylic acids is 1. The summed E-state index contributed by atoms with van der Waals surface area (Å²) >= 11 is 6.00. The predicted octanol–water partition coefficient (Wildman–Crippen LogP) is 3.06. The van der Waals surface area contributed by atoms with Gasteiger partial charge in [0.2, 0.25) is 0 Å².